The molecule has 68 valence electrons. The largest absolute Gasteiger partial charge is 0.494 e. The molecule has 0 radical (unpaired) electrons. The summed E-state index contributed by atoms with van der Waals surface area (Å²) in [5.74, 6) is -0.360. The zero-order valence-corrected chi connectivity index (χ0v) is 7.30. The average Bonchev–Trinajstić information content (AvgIpc) is 2.14. The van der Waals surface area contributed by atoms with Crippen molar-refractivity contribution in [1.82, 2.24) is 0 Å². The highest BCUT2D eigenvalue weighted by atomic mass is 19.1. The van der Waals surface area contributed by atoms with Gasteiger partial charge in [-0.05, 0) is 19.1 Å². The van der Waals surface area contributed by atoms with Gasteiger partial charge in [0, 0.05) is 5.56 Å². The summed E-state index contributed by atoms with van der Waals surface area (Å²) in [6.07, 6.45) is 1.36. The van der Waals surface area contributed by atoms with Crippen molar-refractivity contribution < 1.29 is 13.9 Å². The molecule has 0 atom stereocenters. The Labute approximate surface area is 74.9 Å². The van der Waals surface area contributed by atoms with Gasteiger partial charge < -0.3 is 4.74 Å². The predicted octanol–water partition coefficient (Wildman–Crippen LogP) is 2.11. The molecule has 0 spiro atoms. The van der Waals surface area contributed by atoms with Crippen molar-refractivity contribution in [2.75, 3.05) is 7.11 Å². The van der Waals surface area contributed by atoms with Crippen LogP contribution < -0.4 is 4.74 Å². The summed E-state index contributed by atoms with van der Waals surface area (Å²) < 4.78 is 18.0. The second-order valence-corrected chi connectivity index (χ2v) is 2.43. The maximum atomic E-state index is 13.3. The van der Waals surface area contributed by atoms with Crippen LogP contribution in [0, 0.1) is 12.7 Å². The van der Waals surface area contributed by atoms with Crippen molar-refractivity contribution in [3.8, 4) is 5.75 Å². The van der Waals surface area contributed by atoms with E-state index in [-0.39, 0.29) is 17.0 Å². The first kappa shape index (κ1) is 9.42. The number of nitrogens with zero attached hydrogens (tertiary/aromatic N) is 1. The standard InChI is InChI=1S/C9H8FNO2/c1-6-7(11-5-12)3-4-8(13-2)9(6)10/h3-4H,1-2H3. The van der Waals surface area contributed by atoms with Gasteiger partial charge in [-0.15, -0.1) is 0 Å². The minimum atomic E-state index is -0.501. The molecule has 4 heteroatoms. The van der Waals surface area contributed by atoms with E-state index in [9.17, 15) is 9.18 Å². The number of hydrogen-bond donors (Lipinski definition) is 0. The summed E-state index contributed by atoms with van der Waals surface area (Å²) in [6.45, 7) is 1.52. The fraction of sp³-hybridized carbons (Fsp3) is 0.222. The molecule has 0 saturated heterocycles. The smallest absolute Gasteiger partial charge is 0.240 e. The van der Waals surface area contributed by atoms with Gasteiger partial charge in [0.15, 0.2) is 11.6 Å². The van der Waals surface area contributed by atoms with E-state index in [0.717, 1.165) is 0 Å². The van der Waals surface area contributed by atoms with Crippen molar-refractivity contribution in [3.63, 3.8) is 0 Å². The Morgan fingerprint density at radius 2 is 2.23 bits per heavy atom. The van der Waals surface area contributed by atoms with Gasteiger partial charge in [-0.3, -0.25) is 0 Å². The Bertz CT molecular complexity index is 370. The molecule has 0 aliphatic rings. The maximum absolute atomic E-state index is 13.3. The summed E-state index contributed by atoms with van der Waals surface area (Å²) >= 11 is 0. The second kappa shape index (κ2) is 3.83. The van der Waals surface area contributed by atoms with Crippen LogP contribution in [0.5, 0.6) is 5.75 Å². The van der Waals surface area contributed by atoms with Gasteiger partial charge in [-0.25, -0.2) is 9.18 Å². The van der Waals surface area contributed by atoms with E-state index in [1.54, 1.807) is 0 Å². The van der Waals surface area contributed by atoms with Crippen LogP contribution in [0.1, 0.15) is 5.56 Å². The van der Waals surface area contributed by atoms with Crippen LogP contribution in [0.2, 0.25) is 0 Å². The first-order valence-corrected chi connectivity index (χ1v) is 3.61. The monoisotopic (exact) mass is 181 g/mol. The van der Waals surface area contributed by atoms with Gasteiger partial charge in [-0.1, -0.05) is 0 Å². The maximum Gasteiger partial charge on any atom is 0.240 e. The number of halogens is 1. The van der Waals surface area contributed by atoms with Crippen molar-refractivity contribution in [2.24, 2.45) is 4.99 Å². The number of benzene rings is 1. The average molecular weight is 181 g/mol. The van der Waals surface area contributed by atoms with Crippen molar-refractivity contribution in [2.45, 2.75) is 6.92 Å². The minimum Gasteiger partial charge on any atom is -0.494 e. The van der Waals surface area contributed by atoms with Crippen LogP contribution in [0.25, 0.3) is 0 Å². The lowest BCUT2D eigenvalue weighted by Gasteiger charge is -2.04. The number of rotatable bonds is 2. The number of hydrogen-bond acceptors (Lipinski definition) is 3. The first-order chi connectivity index (χ1) is 6.20. The highest BCUT2D eigenvalue weighted by molar-refractivity contribution is 5.55. The van der Waals surface area contributed by atoms with Crippen molar-refractivity contribution >= 4 is 11.8 Å². The molecular formula is C9H8FNO2. The summed E-state index contributed by atoms with van der Waals surface area (Å²) in [7, 11) is 1.38. The van der Waals surface area contributed by atoms with E-state index in [2.05, 4.69) is 4.99 Å². The summed E-state index contributed by atoms with van der Waals surface area (Å²) in [6, 6.07) is 2.92. The Morgan fingerprint density at radius 1 is 1.54 bits per heavy atom. The number of methoxy groups -OCH3 is 1. The zero-order valence-electron chi connectivity index (χ0n) is 7.30. The van der Waals surface area contributed by atoms with Crippen LogP contribution in [-0.4, -0.2) is 13.2 Å². The molecule has 3 nitrogen and oxygen atoms in total. The molecule has 13 heavy (non-hydrogen) atoms. The van der Waals surface area contributed by atoms with E-state index in [1.165, 1.54) is 32.2 Å². The highest BCUT2D eigenvalue weighted by Gasteiger charge is 2.08. The van der Waals surface area contributed by atoms with Crippen molar-refractivity contribution in [3.05, 3.63) is 23.5 Å². The molecule has 0 aromatic heterocycles. The molecule has 0 aliphatic heterocycles. The number of carbonyl (C=O) groups excluding carboxylic acids is 1. The lowest BCUT2D eigenvalue weighted by molar-refractivity contribution is 0.385. The molecule has 1 aromatic rings. The van der Waals surface area contributed by atoms with Gasteiger partial charge in [0.2, 0.25) is 6.08 Å². The molecule has 0 heterocycles. The van der Waals surface area contributed by atoms with Crippen LogP contribution in [0.15, 0.2) is 17.1 Å². The Balaban J connectivity index is 3.30. The molecule has 0 bridgehead atoms. The molecule has 0 amide bonds. The molecule has 0 unspecified atom stereocenters. The molecule has 1 rings (SSSR count). The van der Waals surface area contributed by atoms with E-state index < -0.39 is 5.82 Å². The van der Waals surface area contributed by atoms with E-state index in [4.69, 9.17) is 4.74 Å². The van der Waals surface area contributed by atoms with Gasteiger partial charge in [0.05, 0.1) is 12.8 Å². The molecule has 0 saturated carbocycles. The lowest BCUT2D eigenvalue weighted by atomic mass is 10.2. The topological polar surface area (TPSA) is 38.7 Å². The van der Waals surface area contributed by atoms with Crippen LogP contribution in [-0.2, 0) is 4.79 Å². The minimum absolute atomic E-state index is 0.141. The van der Waals surface area contributed by atoms with Crippen LogP contribution in [0.4, 0.5) is 10.1 Å². The summed E-state index contributed by atoms with van der Waals surface area (Å²) in [5, 5.41) is 0. The second-order valence-electron chi connectivity index (χ2n) is 2.43. The lowest BCUT2D eigenvalue weighted by Crippen LogP contribution is -1.90. The van der Waals surface area contributed by atoms with Crippen LogP contribution >= 0.6 is 0 Å². The van der Waals surface area contributed by atoms with Crippen LogP contribution in [0.3, 0.4) is 0 Å². The van der Waals surface area contributed by atoms with Crippen molar-refractivity contribution in [1.29, 1.82) is 0 Å². The number of isocyanates is 1. The van der Waals surface area contributed by atoms with Gasteiger partial charge in [0.1, 0.15) is 0 Å². The molecule has 0 fully saturated rings. The Morgan fingerprint density at radius 3 is 2.77 bits per heavy atom. The highest BCUT2D eigenvalue weighted by Crippen LogP contribution is 2.27. The fourth-order valence-corrected chi connectivity index (χ4v) is 0.978. The van der Waals surface area contributed by atoms with E-state index in [1.807, 2.05) is 0 Å². The SMILES string of the molecule is COc1ccc(N=C=O)c(C)c1F. The summed E-state index contributed by atoms with van der Waals surface area (Å²) in [4.78, 5) is 13.3. The first-order valence-electron chi connectivity index (χ1n) is 3.61. The summed E-state index contributed by atoms with van der Waals surface area (Å²) in [5.41, 5.74) is 0.552. The predicted molar refractivity (Wildman–Crippen MR) is 45.5 cm³/mol. The van der Waals surface area contributed by atoms with Gasteiger partial charge in [0.25, 0.3) is 0 Å². The zero-order chi connectivity index (χ0) is 9.84. The van der Waals surface area contributed by atoms with Gasteiger partial charge >= 0.3 is 0 Å². The third kappa shape index (κ3) is 1.73. The number of ether oxygens (including phenoxy) is 1. The molecular weight excluding hydrogens is 173 g/mol. The molecule has 0 aliphatic carbocycles. The third-order valence-electron chi connectivity index (χ3n) is 1.71. The third-order valence-corrected chi connectivity index (χ3v) is 1.71. The Kier molecular flexibility index (Phi) is 2.77. The normalized spacial score (nSPS) is 9.15. The molecule has 0 N–H and O–H groups in total. The van der Waals surface area contributed by atoms with Gasteiger partial charge in [-0.2, -0.15) is 4.99 Å². The number of aliphatic imine (C=N–C) groups is 1. The fourth-order valence-electron chi connectivity index (χ4n) is 0.978. The Hall–Kier alpha value is -1.67. The molecule has 1 aromatic carbocycles. The van der Waals surface area contributed by atoms with E-state index >= 15 is 0 Å². The quantitative estimate of drug-likeness (QED) is 0.517. The van der Waals surface area contributed by atoms with E-state index in [0.29, 0.717) is 0 Å².